The van der Waals surface area contributed by atoms with E-state index >= 15 is 0 Å². The lowest BCUT2D eigenvalue weighted by molar-refractivity contribution is -0.121. The normalized spacial score (nSPS) is 10.1. The van der Waals surface area contributed by atoms with Gasteiger partial charge >= 0.3 is 5.97 Å². The van der Waals surface area contributed by atoms with Gasteiger partial charge in [-0.1, -0.05) is 17.7 Å². The van der Waals surface area contributed by atoms with Gasteiger partial charge in [0.2, 0.25) is 0 Å². The molecule has 0 unspecified atom stereocenters. The molecule has 2 aromatic carbocycles. The first-order valence-corrected chi connectivity index (χ1v) is 9.52. The van der Waals surface area contributed by atoms with Crippen molar-refractivity contribution in [2.24, 2.45) is 0 Å². The van der Waals surface area contributed by atoms with Crippen LogP contribution in [0.2, 0.25) is 5.02 Å². The molecule has 0 spiro atoms. The molecule has 30 heavy (non-hydrogen) atoms. The predicted molar refractivity (Wildman–Crippen MR) is 113 cm³/mol. The minimum absolute atomic E-state index is 0.125. The van der Waals surface area contributed by atoms with Crippen LogP contribution < -0.4 is 14.4 Å². The SMILES string of the molecule is COc1cc(C(=O)OCC(=O)N(CCC#N)c2cc(C)cc(C)c2)cc(Cl)c1OC. The molecule has 7 nitrogen and oxygen atoms in total. The van der Waals surface area contributed by atoms with Gasteiger partial charge in [-0.3, -0.25) is 4.79 Å². The molecule has 1 amide bonds. The van der Waals surface area contributed by atoms with Crippen molar-refractivity contribution in [3.63, 3.8) is 0 Å². The Morgan fingerprint density at radius 3 is 2.30 bits per heavy atom. The molecule has 0 saturated heterocycles. The Morgan fingerprint density at radius 1 is 1.07 bits per heavy atom. The van der Waals surface area contributed by atoms with E-state index in [0.717, 1.165) is 11.1 Å². The summed E-state index contributed by atoms with van der Waals surface area (Å²) in [6.45, 7) is 3.55. The Hall–Kier alpha value is -3.24. The molecule has 0 aliphatic rings. The van der Waals surface area contributed by atoms with Crippen LogP contribution in [0.25, 0.3) is 0 Å². The molecule has 0 aromatic heterocycles. The molecule has 0 radical (unpaired) electrons. The zero-order chi connectivity index (χ0) is 22.3. The van der Waals surface area contributed by atoms with Gasteiger partial charge in [-0.2, -0.15) is 5.26 Å². The second-order valence-electron chi connectivity index (χ2n) is 6.57. The highest BCUT2D eigenvalue weighted by Gasteiger charge is 2.20. The van der Waals surface area contributed by atoms with E-state index in [0.29, 0.717) is 11.4 Å². The van der Waals surface area contributed by atoms with Crippen LogP contribution in [0.4, 0.5) is 5.69 Å². The fourth-order valence-electron chi connectivity index (χ4n) is 2.99. The maximum Gasteiger partial charge on any atom is 0.338 e. The van der Waals surface area contributed by atoms with E-state index in [-0.39, 0.29) is 29.3 Å². The summed E-state index contributed by atoms with van der Waals surface area (Å²) in [7, 11) is 2.85. The molecule has 158 valence electrons. The summed E-state index contributed by atoms with van der Waals surface area (Å²) < 4.78 is 15.5. The molecular formula is C22H23ClN2O5. The highest BCUT2D eigenvalue weighted by Crippen LogP contribution is 2.36. The Morgan fingerprint density at radius 2 is 1.73 bits per heavy atom. The van der Waals surface area contributed by atoms with Gasteiger partial charge in [0, 0.05) is 12.2 Å². The minimum Gasteiger partial charge on any atom is -0.493 e. The largest absolute Gasteiger partial charge is 0.493 e. The monoisotopic (exact) mass is 430 g/mol. The molecule has 0 heterocycles. The number of methoxy groups -OCH3 is 2. The topological polar surface area (TPSA) is 88.9 Å². The highest BCUT2D eigenvalue weighted by molar-refractivity contribution is 6.32. The van der Waals surface area contributed by atoms with E-state index in [1.54, 1.807) is 0 Å². The summed E-state index contributed by atoms with van der Waals surface area (Å²) in [6.07, 6.45) is 0.151. The average Bonchev–Trinajstić information content (AvgIpc) is 2.70. The van der Waals surface area contributed by atoms with Crippen LogP contribution in [0, 0.1) is 25.2 Å². The molecule has 0 fully saturated rings. The fourth-order valence-corrected chi connectivity index (χ4v) is 3.28. The van der Waals surface area contributed by atoms with Crippen molar-refractivity contribution < 1.29 is 23.8 Å². The summed E-state index contributed by atoms with van der Waals surface area (Å²) in [6, 6.07) is 10.5. The van der Waals surface area contributed by atoms with Crippen molar-refractivity contribution >= 4 is 29.2 Å². The standard InChI is InChI=1S/C22H23ClN2O5/c1-14-8-15(2)10-17(9-14)25(7-5-6-24)20(26)13-30-22(27)16-11-18(23)21(29-4)19(12-16)28-3/h8-12H,5,7,13H2,1-4H3. The molecular weight excluding hydrogens is 408 g/mol. The van der Waals surface area contributed by atoms with Gasteiger partial charge in [-0.15, -0.1) is 0 Å². The van der Waals surface area contributed by atoms with Gasteiger partial charge in [0.15, 0.2) is 18.1 Å². The predicted octanol–water partition coefficient (Wildman–Crippen LogP) is 4.08. The number of benzene rings is 2. The highest BCUT2D eigenvalue weighted by atomic mass is 35.5. The number of hydrogen-bond acceptors (Lipinski definition) is 6. The molecule has 0 aliphatic carbocycles. The number of esters is 1. The van der Waals surface area contributed by atoms with Crippen LogP contribution in [-0.4, -0.2) is 39.2 Å². The summed E-state index contributed by atoms with van der Waals surface area (Å²) >= 11 is 6.12. The number of amides is 1. The zero-order valence-electron chi connectivity index (χ0n) is 17.3. The first-order valence-electron chi connectivity index (χ1n) is 9.15. The molecule has 0 bridgehead atoms. The summed E-state index contributed by atoms with van der Waals surface area (Å²) in [5.41, 5.74) is 2.74. The summed E-state index contributed by atoms with van der Waals surface area (Å²) in [4.78, 5) is 26.7. The van der Waals surface area contributed by atoms with Gasteiger partial charge in [-0.05, 0) is 49.2 Å². The Labute approximate surface area is 180 Å². The number of nitriles is 1. The Bertz CT molecular complexity index is 964. The molecule has 0 atom stereocenters. The van der Waals surface area contributed by atoms with Crippen molar-refractivity contribution in [2.45, 2.75) is 20.3 Å². The van der Waals surface area contributed by atoms with Crippen LogP contribution in [0.5, 0.6) is 11.5 Å². The van der Waals surface area contributed by atoms with E-state index in [1.807, 2.05) is 38.1 Å². The van der Waals surface area contributed by atoms with Crippen molar-refractivity contribution in [1.82, 2.24) is 0 Å². The third kappa shape index (κ3) is 5.65. The third-order valence-electron chi connectivity index (χ3n) is 4.26. The molecule has 2 rings (SSSR count). The average molecular weight is 431 g/mol. The number of nitrogens with zero attached hydrogens (tertiary/aromatic N) is 2. The van der Waals surface area contributed by atoms with E-state index in [2.05, 4.69) is 0 Å². The number of aryl methyl sites for hydroxylation is 2. The van der Waals surface area contributed by atoms with Crippen LogP contribution >= 0.6 is 11.6 Å². The number of ether oxygens (including phenoxy) is 3. The minimum atomic E-state index is -0.730. The Balaban J connectivity index is 2.17. The Kier molecular flexibility index (Phi) is 8.07. The van der Waals surface area contributed by atoms with E-state index in [1.165, 1.54) is 31.3 Å². The van der Waals surface area contributed by atoms with E-state index in [9.17, 15) is 9.59 Å². The lowest BCUT2D eigenvalue weighted by Crippen LogP contribution is -2.35. The van der Waals surface area contributed by atoms with Crippen molar-refractivity contribution in [3.8, 4) is 17.6 Å². The van der Waals surface area contributed by atoms with Crippen molar-refractivity contribution in [2.75, 3.05) is 32.3 Å². The van der Waals surface area contributed by atoms with Gasteiger partial charge in [0.05, 0.1) is 37.3 Å². The number of carbonyl (C=O) groups excluding carboxylic acids is 2. The van der Waals surface area contributed by atoms with Crippen LogP contribution in [0.15, 0.2) is 30.3 Å². The molecule has 0 aliphatic heterocycles. The fraction of sp³-hybridized carbons (Fsp3) is 0.318. The molecule has 8 heteroatoms. The van der Waals surface area contributed by atoms with E-state index < -0.39 is 18.5 Å². The number of anilines is 1. The maximum atomic E-state index is 12.8. The first kappa shape index (κ1) is 23.0. The smallest absolute Gasteiger partial charge is 0.338 e. The lowest BCUT2D eigenvalue weighted by Gasteiger charge is -2.22. The van der Waals surface area contributed by atoms with Crippen LogP contribution in [0.3, 0.4) is 0 Å². The van der Waals surface area contributed by atoms with Gasteiger partial charge < -0.3 is 19.1 Å². The lowest BCUT2D eigenvalue weighted by atomic mass is 10.1. The van der Waals surface area contributed by atoms with Crippen molar-refractivity contribution in [3.05, 3.63) is 52.0 Å². The number of rotatable bonds is 8. The van der Waals surface area contributed by atoms with Gasteiger partial charge in [0.1, 0.15) is 0 Å². The van der Waals surface area contributed by atoms with Crippen LogP contribution in [-0.2, 0) is 9.53 Å². The summed E-state index contributed by atoms with van der Waals surface area (Å²) in [5.74, 6) is -0.597. The number of hydrogen-bond donors (Lipinski definition) is 0. The maximum absolute atomic E-state index is 12.8. The van der Waals surface area contributed by atoms with E-state index in [4.69, 9.17) is 31.1 Å². The second-order valence-corrected chi connectivity index (χ2v) is 6.98. The molecule has 0 saturated carbocycles. The van der Waals surface area contributed by atoms with Crippen molar-refractivity contribution in [1.29, 1.82) is 5.26 Å². The third-order valence-corrected chi connectivity index (χ3v) is 4.54. The molecule has 2 aromatic rings. The quantitative estimate of drug-likeness (QED) is 0.586. The zero-order valence-corrected chi connectivity index (χ0v) is 18.1. The first-order chi connectivity index (χ1) is 14.3. The van der Waals surface area contributed by atoms with Gasteiger partial charge in [-0.25, -0.2) is 4.79 Å². The van der Waals surface area contributed by atoms with Gasteiger partial charge in [0.25, 0.3) is 5.91 Å². The second kappa shape index (κ2) is 10.5. The summed E-state index contributed by atoms with van der Waals surface area (Å²) in [5, 5.41) is 9.11. The molecule has 0 N–H and O–H groups in total. The van der Waals surface area contributed by atoms with Crippen LogP contribution in [0.1, 0.15) is 27.9 Å². The number of halogens is 1. The number of carbonyl (C=O) groups is 2.